The second-order valence-electron chi connectivity index (χ2n) is 20.0. The molecule has 0 N–H and O–H groups in total. The first-order valence-electron chi connectivity index (χ1n) is 25.2. The standard InChI is InChI=1S/C64H59N7O2/c1-8-55-56(9-2)66-60-58(45-26-36-53(37-27-45)71(50-18-14-11-15-19-50)54-38-28-47(29-39-54)63(73)46-22-30-48(31-23-46)64(5,6)7)62-61(67-69(68-62)40-42(3)4)57(59(60)65-55)44-24-34-52(35-25-44)70(49-16-12-10-13-17-49)51-32-20-43(41-72)21-33-51/h10-39,41-42H,8-9,40H2,1-7H3. The monoisotopic (exact) mass is 957 g/mol. The average molecular weight is 958 g/mol. The number of hydrogen-bond donors (Lipinski definition) is 0. The first-order chi connectivity index (χ1) is 35.4. The van der Waals surface area contributed by atoms with Crippen molar-refractivity contribution in [3.8, 4) is 22.3 Å². The minimum atomic E-state index is -0.0106. The number of para-hydroxylation sites is 2. The zero-order chi connectivity index (χ0) is 50.8. The van der Waals surface area contributed by atoms with E-state index >= 15 is 0 Å². The Morgan fingerprint density at radius 3 is 1.25 bits per heavy atom. The van der Waals surface area contributed by atoms with E-state index in [-0.39, 0.29) is 11.2 Å². The highest BCUT2D eigenvalue weighted by Crippen LogP contribution is 2.44. The number of hydrogen-bond acceptors (Lipinski definition) is 8. The zero-order valence-corrected chi connectivity index (χ0v) is 42.5. The maximum absolute atomic E-state index is 13.7. The Morgan fingerprint density at radius 1 is 0.507 bits per heavy atom. The quantitative estimate of drug-likeness (QED) is 0.0740. The number of benzene rings is 8. The van der Waals surface area contributed by atoms with Gasteiger partial charge in [0.2, 0.25) is 0 Å². The lowest BCUT2D eigenvalue weighted by molar-refractivity contribution is 0.103. The van der Waals surface area contributed by atoms with Gasteiger partial charge in [0.15, 0.2) is 5.78 Å². The molecule has 0 atom stereocenters. The number of carbonyl (C=O) groups excluding carboxylic acids is 2. The van der Waals surface area contributed by atoms with Gasteiger partial charge in [0, 0.05) is 61.9 Å². The summed E-state index contributed by atoms with van der Waals surface area (Å²) in [5, 5.41) is 10.6. The molecule has 0 aliphatic heterocycles. The Bertz CT molecular complexity index is 3560. The molecule has 0 spiro atoms. The van der Waals surface area contributed by atoms with E-state index in [1.807, 2.05) is 102 Å². The fourth-order valence-electron chi connectivity index (χ4n) is 9.64. The van der Waals surface area contributed by atoms with Gasteiger partial charge >= 0.3 is 0 Å². The Hall–Kier alpha value is -8.56. The molecular formula is C64H59N7O2. The summed E-state index contributed by atoms with van der Waals surface area (Å²) in [5.41, 5.74) is 17.5. The third-order valence-corrected chi connectivity index (χ3v) is 13.4. The molecule has 0 fully saturated rings. The summed E-state index contributed by atoms with van der Waals surface area (Å²) in [5.74, 6) is 0.292. The topological polar surface area (TPSA) is 97.1 Å². The first kappa shape index (κ1) is 48.1. The van der Waals surface area contributed by atoms with Gasteiger partial charge in [-0.2, -0.15) is 15.0 Å². The molecule has 0 radical (unpaired) electrons. The van der Waals surface area contributed by atoms with E-state index in [1.54, 1.807) is 0 Å². The number of fused-ring (bicyclic) bond motifs is 2. The van der Waals surface area contributed by atoms with Gasteiger partial charge in [0.05, 0.1) is 29.0 Å². The van der Waals surface area contributed by atoms with Gasteiger partial charge in [0.25, 0.3) is 0 Å². The fourth-order valence-corrected chi connectivity index (χ4v) is 9.64. The van der Waals surface area contributed by atoms with Crippen molar-refractivity contribution in [2.24, 2.45) is 5.92 Å². The lowest BCUT2D eigenvalue weighted by Crippen LogP contribution is -2.12. The number of anilines is 6. The van der Waals surface area contributed by atoms with Crippen LogP contribution in [0.2, 0.25) is 0 Å². The van der Waals surface area contributed by atoms with Crippen LogP contribution in [-0.4, -0.2) is 37.0 Å². The van der Waals surface area contributed by atoms with E-state index in [4.69, 9.17) is 20.2 Å². The number of aryl methyl sites for hydroxylation is 2. The SMILES string of the molecule is CCc1nc2c(-c3ccc(N(c4ccccc4)c4ccc(C=O)cc4)cc3)c3nn(CC(C)C)nc3c(-c3ccc(N(c4ccccc4)c4ccc(C(=O)c5ccc(C(C)(C)C)cc5)cc4)cc3)c2nc1CC. The lowest BCUT2D eigenvalue weighted by Gasteiger charge is -2.26. The Kier molecular flexibility index (Phi) is 13.4. The molecule has 10 aromatic rings. The van der Waals surface area contributed by atoms with Crippen molar-refractivity contribution in [2.45, 2.75) is 73.3 Å². The van der Waals surface area contributed by atoms with Gasteiger partial charge in [-0.25, -0.2) is 9.97 Å². The molecule has 0 aliphatic carbocycles. The Morgan fingerprint density at radius 2 is 0.877 bits per heavy atom. The van der Waals surface area contributed by atoms with Gasteiger partial charge in [-0.05, 0) is 138 Å². The second-order valence-corrected chi connectivity index (χ2v) is 20.0. The zero-order valence-electron chi connectivity index (χ0n) is 42.5. The smallest absolute Gasteiger partial charge is 0.193 e. The predicted octanol–water partition coefficient (Wildman–Crippen LogP) is 15.8. The van der Waals surface area contributed by atoms with Gasteiger partial charge in [-0.15, -0.1) is 0 Å². The molecule has 362 valence electrons. The number of nitrogens with zero attached hydrogens (tertiary/aromatic N) is 7. The van der Waals surface area contributed by atoms with Gasteiger partial charge in [-0.1, -0.05) is 133 Å². The van der Waals surface area contributed by atoms with E-state index in [0.717, 1.165) is 109 Å². The molecule has 2 aromatic heterocycles. The number of aromatic nitrogens is 5. The van der Waals surface area contributed by atoms with Gasteiger partial charge in [-0.3, -0.25) is 9.59 Å². The van der Waals surface area contributed by atoms with Crippen LogP contribution in [0.25, 0.3) is 44.3 Å². The highest BCUT2D eigenvalue weighted by molar-refractivity contribution is 6.17. The maximum Gasteiger partial charge on any atom is 0.193 e. The molecule has 0 saturated heterocycles. The summed E-state index contributed by atoms with van der Waals surface area (Å²) in [6.07, 6.45) is 2.33. The van der Waals surface area contributed by atoms with Gasteiger partial charge < -0.3 is 9.80 Å². The van der Waals surface area contributed by atoms with Crippen molar-refractivity contribution in [3.63, 3.8) is 0 Å². The average Bonchev–Trinajstić information content (AvgIpc) is 3.83. The summed E-state index contributed by atoms with van der Waals surface area (Å²) < 4.78 is 0. The molecular weight excluding hydrogens is 899 g/mol. The van der Waals surface area contributed by atoms with Crippen LogP contribution in [0.4, 0.5) is 34.1 Å². The normalized spacial score (nSPS) is 11.6. The molecule has 0 saturated carbocycles. The van der Waals surface area contributed by atoms with Crippen LogP contribution >= 0.6 is 0 Å². The Balaban J connectivity index is 1.09. The molecule has 0 unspecified atom stereocenters. The molecule has 0 amide bonds. The number of carbonyl (C=O) groups is 2. The van der Waals surface area contributed by atoms with Crippen LogP contribution in [0, 0.1) is 5.92 Å². The molecule has 9 heteroatoms. The summed E-state index contributed by atoms with van der Waals surface area (Å²) in [6, 6.07) is 61.1. The second kappa shape index (κ2) is 20.3. The van der Waals surface area contributed by atoms with E-state index in [0.29, 0.717) is 29.2 Å². The molecule has 9 nitrogen and oxygen atoms in total. The molecule has 10 rings (SSSR count). The molecule has 2 heterocycles. The van der Waals surface area contributed by atoms with Crippen LogP contribution in [0.5, 0.6) is 0 Å². The molecule has 0 bridgehead atoms. The van der Waals surface area contributed by atoms with Crippen molar-refractivity contribution in [1.29, 1.82) is 0 Å². The van der Waals surface area contributed by atoms with E-state index in [1.165, 1.54) is 5.56 Å². The molecule has 8 aromatic carbocycles. The Labute approximate surface area is 427 Å². The van der Waals surface area contributed by atoms with E-state index in [2.05, 4.69) is 143 Å². The van der Waals surface area contributed by atoms with Crippen LogP contribution in [0.3, 0.4) is 0 Å². The van der Waals surface area contributed by atoms with Crippen molar-refractivity contribution in [2.75, 3.05) is 9.80 Å². The number of aldehydes is 1. The maximum atomic E-state index is 13.7. The van der Waals surface area contributed by atoms with Crippen LogP contribution in [-0.2, 0) is 24.8 Å². The fraction of sp³-hybridized carbons (Fsp3) is 0.188. The summed E-state index contributed by atoms with van der Waals surface area (Å²) in [7, 11) is 0. The van der Waals surface area contributed by atoms with E-state index in [9.17, 15) is 9.59 Å². The van der Waals surface area contributed by atoms with E-state index < -0.39 is 0 Å². The van der Waals surface area contributed by atoms with Crippen molar-refractivity contribution in [1.82, 2.24) is 25.0 Å². The minimum absolute atomic E-state index is 0.00282. The lowest BCUT2D eigenvalue weighted by atomic mass is 9.86. The summed E-state index contributed by atoms with van der Waals surface area (Å²) in [6.45, 7) is 15.8. The summed E-state index contributed by atoms with van der Waals surface area (Å²) >= 11 is 0. The summed E-state index contributed by atoms with van der Waals surface area (Å²) in [4.78, 5) is 42.5. The molecule has 0 aliphatic rings. The van der Waals surface area contributed by atoms with Crippen molar-refractivity contribution < 1.29 is 9.59 Å². The van der Waals surface area contributed by atoms with Crippen LogP contribution in [0.1, 0.15) is 91.7 Å². The third kappa shape index (κ3) is 9.66. The van der Waals surface area contributed by atoms with Crippen molar-refractivity contribution >= 4 is 68.3 Å². The van der Waals surface area contributed by atoms with Crippen LogP contribution in [0.15, 0.2) is 182 Å². The van der Waals surface area contributed by atoms with Gasteiger partial charge in [0.1, 0.15) is 17.3 Å². The van der Waals surface area contributed by atoms with Crippen LogP contribution < -0.4 is 9.80 Å². The highest BCUT2D eigenvalue weighted by Gasteiger charge is 2.26. The minimum Gasteiger partial charge on any atom is -0.311 e. The first-order valence-corrected chi connectivity index (χ1v) is 25.2. The largest absolute Gasteiger partial charge is 0.311 e. The third-order valence-electron chi connectivity index (χ3n) is 13.4. The molecule has 73 heavy (non-hydrogen) atoms. The highest BCUT2D eigenvalue weighted by atomic mass is 16.1. The number of ketones is 1. The predicted molar refractivity (Wildman–Crippen MR) is 298 cm³/mol. The number of rotatable bonds is 15. The van der Waals surface area contributed by atoms with Crippen molar-refractivity contribution in [3.05, 3.63) is 216 Å².